The maximum Gasteiger partial charge on any atom is 0.408 e. The largest absolute Gasteiger partial charge is 0.493 e. The third-order valence-electron chi connectivity index (χ3n) is 6.47. The molecule has 0 bridgehead atoms. The summed E-state index contributed by atoms with van der Waals surface area (Å²) >= 11 is 1.90. The van der Waals surface area contributed by atoms with Crippen LogP contribution in [0.4, 0.5) is 26.3 Å². The van der Waals surface area contributed by atoms with Gasteiger partial charge in [0.2, 0.25) is 0 Å². The topological polar surface area (TPSA) is 54.1 Å². The van der Waals surface area contributed by atoms with Crippen LogP contribution in [-0.4, -0.2) is 45.1 Å². The van der Waals surface area contributed by atoms with Gasteiger partial charge in [-0.05, 0) is 96.5 Å². The van der Waals surface area contributed by atoms with Gasteiger partial charge in [0.25, 0.3) is 0 Å². The van der Waals surface area contributed by atoms with Crippen molar-refractivity contribution in [1.29, 1.82) is 0 Å². The van der Waals surface area contributed by atoms with E-state index in [-0.39, 0.29) is 0 Å². The molecule has 2 saturated carbocycles. The quantitative estimate of drug-likeness (QED) is 0.103. The van der Waals surface area contributed by atoms with Crippen molar-refractivity contribution >= 4 is 22.6 Å². The molecule has 0 atom stereocenters. The molecule has 0 amide bonds. The second-order valence-electron chi connectivity index (χ2n) is 11.0. The minimum atomic E-state index is -4.29. The third kappa shape index (κ3) is 14.9. The van der Waals surface area contributed by atoms with Gasteiger partial charge >= 0.3 is 12.4 Å². The van der Waals surface area contributed by atoms with Crippen molar-refractivity contribution in [2.45, 2.75) is 51.1 Å². The molecule has 248 valence electrons. The SMILES string of the molecule is C#Cc1cccc(OCC2CC2)c1.FC(F)(F)Cn1cc(C#Cc2cccc(OCC3CC3)c2)cn1.FC(F)(F)Cn1cc(I)cn1. The average molecular weight is 769 g/mol. The van der Waals surface area contributed by atoms with Gasteiger partial charge in [-0.25, -0.2) is 0 Å². The fourth-order valence-corrected chi connectivity index (χ4v) is 4.23. The Morgan fingerprint density at radius 2 is 1.21 bits per heavy atom. The minimum Gasteiger partial charge on any atom is -0.493 e. The Bertz CT molecular complexity index is 1690. The molecule has 0 spiro atoms. The monoisotopic (exact) mass is 768 g/mol. The third-order valence-corrected chi connectivity index (χ3v) is 7.03. The summed E-state index contributed by atoms with van der Waals surface area (Å²) in [4.78, 5) is 0. The molecule has 13 heteroatoms. The Kier molecular flexibility index (Phi) is 12.6. The van der Waals surface area contributed by atoms with E-state index in [1.165, 1.54) is 50.5 Å². The van der Waals surface area contributed by atoms with Gasteiger partial charge in [0.15, 0.2) is 0 Å². The van der Waals surface area contributed by atoms with E-state index in [0.29, 0.717) is 15.1 Å². The second kappa shape index (κ2) is 16.6. The van der Waals surface area contributed by atoms with Gasteiger partial charge < -0.3 is 9.47 Å². The normalized spacial score (nSPS) is 13.9. The zero-order chi connectivity index (χ0) is 33.9. The summed E-state index contributed by atoms with van der Waals surface area (Å²) < 4.78 is 85.5. The summed E-state index contributed by atoms with van der Waals surface area (Å²) in [5.41, 5.74) is 2.08. The highest BCUT2D eigenvalue weighted by atomic mass is 127. The average Bonchev–Trinajstić information content (AvgIpc) is 3.94. The summed E-state index contributed by atoms with van der Waals surface area (Å²) in [5, 5.41) is 7.15. The van der Waals surface area contributed by atoms with Crippen LogP contribution in [0.25, 0.3) is 0 Å². The first-order valence-corrected chi connectivity index (χ1v) is 15.7. The Morgan fingerprint density at radius 3 is 1.70 bits per heavy atom. The van der Waals surface area contributed by atoms with Gasteiger partial charge in [-0.2, -0.15) is 36.5 Å². The number of benzene rings is 2. The molecular formula is C34H31F6IN4O2. The number of halogens is 7. The summed E-state index contributed by atoms with van der Waals surface area (Å²) in [7, 11) is 0. The lowest BCUT2D eigenvalue weighted by Gasteiger charge is -2.04. The highest BCUT2D eigenvalue weighted by molar-refractivity contribution is 14.1. The number of alkyl halides is 6. The van der Waals surface area contributed by atoms with Crippen molar-refractivity contribution in [3.8, 4) is 35.7 Å². The summed E-state index contributed by atoms with van der Waals surface area (Å²) in [5.74, 6) is 11.4. The predicted octanol–water partition coefficient (Wildman–Crippen LogP) is 8.14. The smallest absolute Gasteiger partial charge is 0.408 e. The predicted molar refractivity (Wildman–Crippen MR) is 173 cm³/mol. The standard InChI is InChI=1S/C17H15F3N2O.C12H12O.C5H4F3IN2/c18-17(19,20)12-22-10-15(9-21-22)7-4-13-2-1-3-16(8-13)23-11-14-5-6-14;1-2-10-4-3-5-12(8-10)13-9-11-6-7-11;6-5(7,8)3-11-2-4(9)1-10-11/h1-3,8-10,14H,5-6,11-12H2;1,3-5,8,11H,6-7,9H2;1-2H,3H2. The van der Waals surface area contributed by atoms with Gasteiger partial charge in [0.1, 0.15) is 24.6 Å². The van der Waals surface area contributed by atoms with Gasteiger partial charge in [-0.3, -0.25) is 9.36 Å². The van der Waals surface area contributed by atoms with Crippen LogP contribution < -0.4 is 9.47 Å². The van der Waals surface area contributed by atoms with E-state index in [4.69, 9.17) is 15.9 Å². The number of ether oxygens (including phenoxy) is 2. The molecular weight excluding hydrogens is 737 g/mol. The second-order valence-corrected chi connectivity index (χ2v) is 12.2. The molecule has 2 fully saturated rings. The summed E-state index contributed by atoms with van der Waals surface area (Å²) in [6.45, 7) is -0.565. The summed E-state index contributed by atoms with van der Waals surface area (Å²) in [6.07, 6.45) is 7.22. The summed E-state index contributed by atoms with van der Waals surface area (Å²) in [6, 6.07) is 15.1. The molecule has 0 saturated heterocycles. The van der Waals surface area contributed by atoms with Crippen LogP contribution in [0, 0.1) is 39.6 Å². The Labute approximate surface area is 282 Å². The molecule has 6 nitrogen and oxygen atoms in total. The number of nitrogens with zero attached hydrogens (tertiary/aromatic N) is 4. The van der Waals surface area contributed by atoms with E-state index in [1.54, 1.807) is 0 Å². The highest BCUT2D eigenvalue weighted by Gasteiger charge is 2.29. The molecule has 2 aromatic heterocycles. The lowest BCUT2D eigenvalue weighted by atomic mass is 10.2. The van der Waals surface area contributed by atoms with E-state index in [0.717, 1.165) is 51.1 Å². The fraction of sp³-hybridized carbons (Fsp3) is 0.353. The van der Waals surface area contributed by atoms with Gasteiger partial charge in [0.05, 0.1) is 34.7 Å². The number of rotatable bonds is 8. The van der Waals surface area contributed by atoms with Crippen molar-refractivity contribution in [3.63, 3.8) is 0 Å². The maximum atomic E-state index is 12.3. The van der Waals surface area contributed by atoms with E-state index >= 15 is 0 Å². The highest BCUT2D eigenvalue weighted by Crippen LogP contribution is 2.30. The van der Waals surface area contributed by atoms with Crippen LogP contribution in [0.3, 0.4) is 0 Å². The van der Waals surface area contributed by atoms with Gasteiger partial charge in [-0.15, -0.1) is 6.42 Å². The number of terminal acetylenes is 1. The van der Waals surface area contributed by atoms with Crippen LogP contribution >= 0.6 is 22.6 Å². The molecule has 47 heavy (non-hydrogen) atoms. The molecule has 6 rings (SSSR count). The molecule has 2 heterocycles. The van der Waals surface area contributed by atoms with E-state index in [2.05, 4.69) is 28.0 Å². The molecule has 2 aromatic carbocycles. The molecule has 0 radical (unpaired) electrons. The van der Waals surface area contributed by atoms with Crippen LogP contribution in [0.15, 0.2) is 73.3 Å². The van der Waals surface area contributed by atoms with E-state index in [1.807, 2.05) is 71.1 Å². The number of hydrogen-bond acceptors (Lipinski definition) is 4. The zero-order valence-electron chi connectivity index (χ0n) is 25.1. The number of aromatic nitrogens is 4. The van der Waals surface area contributed by atoms with Crippen LogP contribution in [0.5, 0.6) is 11.5 Å². The van der Waals surface area contributed by atoms with E-state index < -0.39 is 25.4 Å². The van der Waals surface area contributed by atoms with Crippen LogP contribution in [0.2, 0.25) is 0 Å². The van der Waals surface area contributed by atoms with Gasteiger partial charge in [-0.1, -0.05) is 29.9 Å². The van der Waals surface area contributed by atoms with Gasteiger partial charge in [0, 0.05) is 23.5 Å². The minimum absolute atomic E-state index is 0.443. The molecule has 0 aliphatic heterocycles. The van der Waals surface area contributed by atoms with Crippen molar-refractivity contribution < 1.29 is 35.8 Å². The Hall–Kier alpha value is -4.11. The van der Waals surface area contributed by atoms with Crippen LogP contribution in [-0.2, 0) is 13.1 Å². The fourth-order valence-electron chi connectivity index (χ4n) is 3.79. The van der Waals surface area contributed by atoms with Crippen molar-refractivity contribution in [2.24, 2.45) is 11.8 Å². The lowest BCUT2D eigenvalue weighted by Crippen LogP contribution is -2.17. The Balaban J connectivity index is 0.000000176. The molecule has 4 aromatic rings. The zero-order valence-corrected chi connectivity index (χ0v) is 27.2. The molecule has 2 aliphatic rings. The van der Waals surface area contributed by atoms with Crippen LogP contribution in [0.1, 0.15) is 42.4 Å². The first-order valence-electron chi connectivity index (χ1n) is 14.6. The first kappa shape index (κ1) is 35.7. The first-order chi connectivity index (χ1) is 22.3. The maximum absolute atomic E-state index is 12.3. The lowest BCUT2D eigenvalue weighted by molar-refractivity contribution is -0.143. The van der Waals surface area contributed by atoms with Crippen molar-refractivity contribution in [2.75, 3.05) is 13.2 Å². The molecule has 2 aliphatic carbocycles. The number of hydrogen-bond donors (Lipinski definition) is 0. The van der Waals surface area contributed by atoms with Crippen molar-refractivity contribution in [3.05, 3.63) is 93.6 Å². The molecule has 0 N–H and O–H groups in total. The Morgan fingerprint density at radius 1 is 0.723 bits per heavy atom. The van der Waals surface area contributed by atoms with E-state index in [9.17, 15) is 26.3 Å². The molecule has 0 unspecified atom stereocenters. The van der Waals surface area contributed by atoms with Crippen molar-refractivity contribution in [1.82, 2.24) is 19.6 Å².